The number of carbonyl (C=O) groups is 1. The topological polar surface area (TPSA) is 50.7 Å². The van der Waals surface area contributed by atoms with Crippen molar-refractivity contribution in [3.05, 3.63) is 95.7 Å². The van der Waals surface area contributed by atoms with Crippen LogP contribution < -0.4 is 10.1 Å². The lowest BCUT2D eigenvalue weighted by Crippen LogP contribution is -2.19. The van der Waals surface area contributed by atoms with Crippen LogP contribution in [0.4, 0.5) is 10.1 Å². The van der Waals surface area contributed by atoms with E-state index in [1.807, 2.05) is 48.5 Å². The molecule has 0 aliphatic carbocycles. The highest BCUT2D eigenvalue weighted by Gasteiger charge is 2.24. The fraction of sp³-hybridized carbons (Fsp3) is 0.0435. The molecule has 1 N–H and O–H groups in total. The summed E-state index contributed by atoms with van der Waals surface area (Å²) in [6, 6.07) is 19.8. The first-order valence-electron chi connectivity index (χ1n) is 9.19. The molecule has 4 nitrogen and oxygen atoms in total. The highest BCUT2D eigenvalue weighted by atomic mass is 127. The number of hydrogen-bond acceptors (Lipinski definition) is 4. The van der Waals surface area contributed by atoms with Crippen molar-refractivity contribution in [1.82, 2.24) is 5.32 Å². The number of amides is 1. The van der Waals surface area contributed by atoms with Gasteiger partial charge >= 0.3 is 0 Å². The number of ether oxygens (including phenoxy) is 1. The van der Waals surface area contributed by atoms with Gasteiger partial charge in [-0.05, 0) is 111 Å². The van der Waals surface area contributed by atoms with Gasteiger partial charge in [0.05, 0.1) is 17.7 Å². The van der Waals surface area contributed by atoms with Crippen LogP contribution in [0.15, 0.2) is 76.6 Å². The minimum Gasteiger partial charge on any atom is -0.487 e. The van der Waals surface area contributed by atoms with Gasteiger partial charge in [0.15, 0.2) is 5.17 Å². The molecule has 1 fully saturated rings. The van der Waals surface area contributed by atoms with Crippen LogP contribution in [0.2, 0.25) is 0 Å². The van der Waals surface area contributed by atoms with Crippen molar-refractivity contribution in [3.8, 4) is 5.75 Å². The molecule has 4 rings (SSSR count). The number of nitrogens with one attached hydrogen (secondary N) is 1. The number of rotatable bonds is 5. The van der Waals surface area contributed by atoms with Crippen LogP contribution in [0.5, 0.6) is 5.75 Å². The van der Waals surface area contributed by atoms with E-state index in [-0.39, 0.29) is 11.7 Å². The van der Waals surface area contributed by atoms with Gasteiger partial charge in [0.25, 0.3) is 5.91 Å². The minimum atomic E-state index is -0.326. The van der Waals surface area contributed by atoms with Gasteiger partial charge in [0.1, 0.15) is 18.2 Å². The summed E-state index contributed by atoms with van der Waals surface area (Å²) in [7, 11) is 0. The summed E-state index contributed by atoms with van der Waals surface area (Å²) in [5, 5.41) is 3.22. The number of benzene rings is 3. The van der Waals surface area contributed by atoms with E-state index in [1.54, 1.807) is 12.1 Å². The van der Waals surface area contributed by atoms with E-state index >= 15 is 0 Å². The summed E-state index contributed by atoms with van der Waals surface area (Å²) >= 11 is 5.75. The van der Waals surface area contributed by atoms with Crippen molar-refractivity contribution in [2.45, 2.75) is 6.61 Å². The molecule has 156 valence electrons. The maximum atomic E-state index is 13.1. The Kier molecular flexibility index (Phi) is 7.28. The van der Waals surface area contributed by atoms with Crippen molar-refractivity contribution in [2.24, 2.45) is 4.99 Å². The average molecular weight is 656 g/mol. The fourth-order valence-corrected chi connectivity index (χ4v) is 5.76. The number of thioether (sulfide) groups is 1. The third-order valence-electron chi connectivity index (χ3n) is 4.25. The SMILES string of the molecule is O=C1NC(=Nc2ccc(F)cc2)SC1=Cc1cc(I)c(OCc2ccccc2)c(I)c1. The molecular weight excluding hydrogens is 641 g/mol. The summed E-state index contributed by atoms with van der Waals surface area (Å²) in [6.07, 6.45) is 1.83. The Morgan fingerprint density at radius 3 is 2.39 bits per heavy atom. The smallest absolute Gasteiger partial charge is 0.264 e. The third kappa shape index (κ3) is 5.86. The van der Waals surface area contributed by atoms with Crippen LogP contribution in [-0.4, -0.2) is 11.1 Å². The molecule has 1 aliphatic rings. The first-order valence-corrected chi connectivity index (χ1v) is 12.2. The Balaban J connectivity index is 1.50. The zero-order chi connectivity index (χ0) is 21.8. The molecule has 3 aromatic carbocycles. The number of carbonyl (C=O) groups excluding carboxylic acids is 1. The Hall–Kier alpha value is -1.92. The van der Waals surface area contributed by atoms with Gasteiger partial charge in [-0.25, -0.2) is 9.38 Å². The summed E-state index contributed by atoms with van der Waals surface area (Å²) in [6.45, 7) is 0.495. The lowest BCUT2D eigenvalue weighted by atomic mass is 10.2. The Morgan fingerprint density at radius 1 is 1.03 bits per heavy atom. The largest absolute Gasteiger partial charge is 0.487 e. The molecule has 31 heavy (non-hydrogen) atoms. The molecule has 0 atom stereocenters. The molecular formula is C23H15FI2N2O2S. The summed E-state index contributed by atoms with van der Waals surface area (Å²) < 4.78 is 21.0. The standard InChI is InChI=1S/C23H15FI2N2O2S/c24-16-6-8-17(9-7-16)27-23-28-22(29)20(31-23)12-15-10-18(25)21(19(26)11-15)30-13-14-4-2-1-3-5-14/h1-12H,13H2,(H,27,28,29). The van der Waals surface area contributed by atoms with Gasteiger partial charge in [-0.2, -0.15) is 0 Å². The van der Waals surface area contributed by atoms with Gasteiger partial charge < -0.3 is 10.1 Å². The molecule has 1 amide bonds. The number of amidine groups is 1. The zero-order valence-electron chi connectivity index (χ0n) is 15.9. The maximum Gasteiger partial charge on any atom is 0.264 e. The first-order chi connectivity index (χ1) is 15.0. The van der Waals surface area contributed by atoms with E-state index in [0.29, 0.717) is 22.4 Å². The van der Waals surface area contributed by atoms with Gasteiger partial charge in [-0.3, -0.25) is 4.79 Å². The van der Waals surface area contributed by atoms with E-state index in [1.165, 1.54) is 23.9 Å². The van der Waals surface area contributed by atoms with Gasteiger partial charge in [0, 0.05) is 0 Å². The summed E-state index contributed by atoms with van der Waals surface area (Å²) in [5.74, 6) is 0.294. The normalized spacial score (nSPS) is 16.0. The average Bonchev–Trinajstić information content (AvgIpc) is 3.08. The van der Waals surface area contributed by atoms with Crippen molar-refractivity contribution in [2.75, 3.05) is 0 Å². The van der Waals surface area contributed by atoms with Gasteiger partial charge in [-0.1, -0.05) is 30.3 Å². The monoisotopic (exact) mass is 656 g/mol. The van der Waals surface area contributed by atoms with Crippen LogP contribution in [0.1, 0.15) is 11.1 Å². The van der Waals surface area contributed by atoms with Crippen molar-refractivity contribution in [1.29, 1.82) is 0 Å². The molecule has 8 heteroatoms. The second kappa shape index (κ2) is 10.1. The van der Waals surface area contributed by atoms with E-state index in [0.717, 1.165) is 24.0 Å². The minimum absolute atomic E-state index is 0.208. The number of hydrogen-bond donors (Lipinski definition) is 1. The van der Waals surface area contributed by atoms with Gasteiger partial charge in [-0.15, -0.1) is 0 Å². The molecule has 1 saturated heterocycles. The zero-order valence-corrected chi connectivity index (χ0v) is 21.1. The number of aliphatic imine (C=N–C) groups is 1. The molecule has 3 aromatic rings. The van der Waals surface area contributed by atoms with Crippen LogP contribution in [0, 0.1) is 13.0 Å². The number of nitrogens with zero attached hydrogens (tertiary/aromatic N) is 1. The van der Waals surface area contributed by atoms with E-state index in [2.05, 4.69) is 55.5 Å². The van der Waals surface area contributed by atoms with Crippen LogP contribution in [0.25, 0.3) is 6.08 Å². The molecule has 1 aliphatic heterocycles. The Morgan fingerprint density at radius 2 is 1.71 bits per heavy atom. The molecule has 0 radical (unpaired) electrons. The van der Waals surface area contributed by atoms with E-state index in [4.69, 9.17) is 4.74 Å². The quantitative estimate of drug-likeness (QED) is 0.252. The third-order valence-corrected chi connectivity index (χ3v) is 6.76. The molecule has 0 bridgehead atoms. The van der Waals surface area contributed by atoms with Crippen LogP contribution >= 0.6 is 56.9 Å². The lowest BCUT2D eigenvalue weighted by Gasteiger charge is -2.11. The maximum absolute atomic E-state index is 13.1. The molecule has 0 unspecified atom stereocenters. The first kappa shape index (κ1) is 22.3. The summed E-state index contributed by atoms with van der Waals surface area (Å²) in [4.78, 5) is 17.3. The van der Waals surface area contributed by atoms with Crippen molar-refractivity contribution >= 4 is 79.8 Å². The summed E-state index contributed by atoms with van der Waals surface area (Å²) in [5.41, 5.74) is 2.59. The number of halogens is 3. The molecule has 0 aromatic heterocycles. The highest BCUT2D eigenvalue weighted by Crippen LogP contribution is 2.33. The predicted octanol–water partition coefficient (Wildman–Crippen LogP) is 6.51. The molecule has 0 saturated carbocycles. The second-order valence-corrected chi connectivity index (χ2v) is 9.90. The highest BCUT2D eigenvalue weighted by molar-refractivity contribution is 14.1. The Bertz CT molecular complexity index is 1160. The molecule has 1 heterocycles. The lowest BCUT2D eigenvalue weighted by molar-refractivity contribution is -0.115. The van der Waals surface area contributed by atoms with E-state index in [9.17, 15) is 9.18 Å². The fourth-order valence-electron chi connectivity index (χ4n) is 2.80. The van der Waals surface area contributed by atoms with Crippen LogP contribution in [-0.2, 0) is 11.4 Å². The predicted molar refractivity (Wildman–Crippen MR) is 140 cm³/mol. The second-order valence-electron chi connectivity index (χ2n) is 6.55. The van der Waals surface area contributed by atoms with Crippen LogP contribution in [0.3, 0.4) is 0 Å². The van der Waals surface area contributed by atoms with Crippen molar-refractivity contribution < 1.29 is 13.9 Å². The Labute approximate surface area is 210 Å². The van der Waals surface area contributed by atoms with Gasteiger partial charge in [0.2, 0.25) is 0 Å². The van der Waals surface area contributed by atoms with E-state index < -0.39 is 0 Å². The van der Waals surface area contributed by atoms with Crippen molar-refractivity contribution in [3.63, 3.8) is 0 Å². The molecule has 0 spiro atoms.